The number of benzene rings is 1. The van der Waals surface area contributed by atoms with Gasteiger partial charge in [-0.15, -0.1) is 0 Å². The van der Waals surface area contributed by atoms with E-state index in [0.29, 0.717) is 11.1 Å². The zero-order valence-corrected chi connectivity index (χ0v) is 6.16. The van der Waals surface area contributed by atoms with Crippen molar-refractivity contribution in [2.24, 2.45) is 0 Å². The molecule has 1 heterocycles. The highest BCUT2D eigenvalue weighted by atomic mass is 16.1. The molecule has 12 heavy (non-hydrogen) atoms. The molecule has 0 aliphatic rings. The fourth-order valence-electron chi connectivity index (χ4n) is 1.16. The summed E-state index contributed by atoms with van der Waals surface area (Å²) in [5.74, 6) is -0.690. The van der Waals surface area contributed by atoms with Crippen molar-refractivity contribution in [1.82, 2.24) is 15.9 Å². The Morgan fingerprint density at radius 1 is 1.50 bits per heavy atom. The van der Waals surface area contributed by atoms with E-state index in [0.717, 1.165) is 5.39 Å². The maximum atomic E-state index is 10.8. The largest absolute Gasteiger partial charge is 0.277 e. The summed E-state index contributed by atoms with van der Waals surface area (Å²) in [6, 6.07) is 5.18. The van der Waals surface area contributed by atoms with Gasteiger partial charge in [0.1, 0.15) is 0 Å². The number of nitrogens with zero attached hydrogens (tertiary/aromatic N) is 1. The van der Waals surface area contributed by atoms with Crippen molar-refractivity contribution in [2.75, 3.05) is 0 Å². The summed E-state index contributed by atoms with van der Waals surface area (Å²) in [6.45, 7) is 0. The van der Waals surface area contributed by atoms with E-state index in [2.05, 4.69) is 10.2 Å². The normalized spacial score (nSPS) is 10.3. The minimum Gasteiger partial charge on any atom is -0.277 e. The molecule has 1 amide bonds. The van der Waals surface area contributed by atoms with Crippen LogP contribution in [0.15, 0.2) is 24.4 Å². The maximum absolute atomic E-state index is 10.8. The van der Waals surface area contributed by atoms with Gasteiger partial charge in [0.2, 0.25) is 0 Å². The van der Waals surface area contributed by atoms with Crippen LogP contribution in [0, 0.1) is 0 Å². The molecular formula is C8H6N3O. The third kappa shape index (κ3) is 0.852. The van der Waals surface area contributed by atoms with E-state index in [1.807, 2.05) is 6.07 Å². The molecule has 0 unspecified atom stereocenters. The van der Waals surface area contributed by atoms with Crippen molar-refractivity contribution in [3.63, 3.8) is 0 Å². The lowest BCUT2D eigenvalue weighted by molar-refractivity contribution is 0.0993. The van der Waals surface area contributed by atoms with Crippen LogP contribution in [-0.4, -0.2) is 16.1 Å². The van der Waals surface area contributed by atoms with Crippen LogP contribution in [-0.2, 0) is 0 Å². The first-order valence-corrected chi connectivity index (χ1v) is 3.47. The number of carbonyl (C=O) groups excluding carboxylic acids is 1. The van der Waals surface area contributed by atoms with Crippen molar-refractivity contribution < 1.29 is 4.79 Å². The Bertz CT molecular complexity index is 433. The topological polar surface area (TPSA) is 69.6 Å². The second kappa shape index (κ2) is 2.34. The number of fused-ring (bicyclic) bond motifs is 1. The van der Waals surface area contributed by atoms with E-state index >= 15 is 0 Å². The summed E-state index contributed by atoms with van der Waals surface area (Å²) in [5.41, 5.74) is 7.96. The van der Waals surface area contributed by atoms with Gasteiger partial charge in [-0.25, -0.2) is 0 Å². The van der Waals surface area contributed by atoms with Crippen molar-refractivity contribution in [3.8, 4) is 0 Å². The summed E-state index contributed by atoms with van der Waals surface area (Å²) in [5, 5.41) is 7.32. The van der Waals surface area contributed by atoms with Crippen LogP contribution in [0.2, 0.25) is 0 Å². The number of hydrogen-bond acceptors (Lipinski definition) is 2. The molecule has 0 atom stereocenters. The van der Waals surface area contributed by atoms with Gasteiger partial charge in [-0.2, -0.15) is 5.10 Å². The number of para-hydroxylation sites is 1. The van der Waals surface area contributed by atoms with Crippen molar-refractivity contribution in [3.05, 3.63) is 30.0 Å². The highest BCUT2D eigenvalue weighted by molar-refractivity contribution is 6.04. The first-order chi connectivity index (χ1) is 5.79. The number of aromatic amines is 1. The molecule has 0 aliphatic carbocycles. The minimum absolute atomic E-state index is 0.366. The second-order valence-corrected chi connectivity index (χ2v) is 2.47. The quantitative estimate of drug-likeness (QED) is 0.675. The van der Waals surface area contributed by atoms with Crippen LogP contribution in [0.25, 0.3) is 10.9 Å². The van der Waals surface area contributed by atoms with Gasteiger partial charge >= 0.3 is 0 Å². The smallest absolute Gasteiger partial charge is 0.271 e. The molecule has 1 radical (unpaired) electrons. The van der Waals surface area contributed by atoms with Crippen LogP contribution in [0.1, 0.15) is 10.4 Å². The van der Waals surface area contributed by atoms with Crippen LogP contribution >= 0.6 is 0 Å². The number of rotatable bonds is 1. The molecule has 0 fully saturated rings. The van der Waals surface area contributed by atoms with Crippen molar-refractivity contribution in [1.29, 1.82) is 0 Å². The Labute approximate surface area is 68.4 Å². The van der Waals surface area contributed by atoms with Crippen LogP contribution in [0.5, 0.6) is 0 Å². The molecule has 2 rings (SSSR count). The molecule has 0 spiro atoms. The number of hydrogen-bond donors (Lipinski definition) is 1. The average molecular weight is 160 g/mol. The Morgan fingerprint density at radius 3 is 3.08 bits per heavy atom. The molecular weight excluding hydrogens is 154 g/mol. The van der Waals surface area contributed by atoms with Crippen molar-refractivity contribution in [2.45, 2.75) is 0 Å². The fraction of sp³-hybridized carbons (Fsp3) is 0. The lowest BCUT2D eigenvalue weighted by Crippen LogP contribution is -1.99. The summed E-state index contributed by atoms with van der Waals surface area (Å²) >= 11 is 0. The van der Waals surface area contributed by atoms with E-state index in [9.17, 15) is 4.79 Å². The number of nitrogens with one attached hydrogen (secondary N) is 2. The highest BCUT2D eigenvalue weighted by Gasteiger charge is 2.06. The van der Waals surface area contributed by atoms with Gasteiger partial charge in [0, 0.05) is 5.39 Å². The third-order valence-corrected chi connectivity index (χ3v) is 1.72. The first kappa shape index (κ1) is 6.84. The molecule has 0 bridgehead atoms. The average Bonchev–Trinajstić information content (AvgIpc) is 2.49. The van der Waals surface area contributed by atoms with E-state index in [-0.39, 0.29) is 0 Å². The lowest BCUT2D eigenvalue weighted by Gasteiger charge is -1.94. The predicted molar refractivity (Wildman–Crippen MR) is 43.5 cm³/mol. The molecule has 0 aliphatic heterocycles. The fourth-order valence-corrected chi connectivity index (χ4v) is 1.16. The van der Waals surface area contributed by atoms with Gasteiger partial charge in [-0.05, 0) is 6.07 Å². The molecule has 4 nitrogen and oxygen atoms in total. The molecule has 0 saturated heterocycles. The minimum atomic E-state index is -0.690. The molecule has 4 heteroatoms. The Morgan fingerprint density at radius 2 is 2.33 bits per heavy atom. The maximum Gasteiger partial charge on any atom is 0.271 e. The van der Waals surface area contributed by atoms with Crippen LogP contribution in [0.4, 0.5) is 0 Å². The highest BCUT2D eigenvalue weighted by Crippen LogP contribution is 2.14. The first-order valence-electron chi connectivity index (χ1n) is 3.47. The molecule has 59 valence electrons. The summed E-state index contributed by atoms with van der Waals surface area (Å²) in [4.78, 5) is 10.8. The van der Waals surface area contributed by atoms with E-state index in [1.54, 1.807) is 18.3 Å². The van der Waals surface area contributed by atoms with E-state index in [1.165, 1.54) is 0 Å². The molecule has 1 aromatic heterocycles. The van der Waals surface area contributed by atoms with Gasteiger partial charge < -0.3 is 0 Å². The number of H-pyrrole nitrogens is 1. The number of amides is 1. The summed E-state index contributed by atoms with van der Waals surface area (Å²) in [7, 11) is 0. The summed E-state index contributed by atoms with van der Waals surface area (Å²) < 4.78 is 0. The van der Waals surface area contributed by atoms with Gasteiger partial charge in [-0.3, -0.25) is 15.6 Å². The van der Waals surface area contributed by atoms with Crippen molar-refractivity contribution >= 4 is 16.8 Å². The zero-order valence-electron chi connectivity index (χ0n) is 6.16. The Kier molecular flexibility index (Phi) is 1.33. The zero-order chi connectivity index (χ0) is 8.55. The van der Waals surface area contributed by atoms with Crippen LogP contribution < -0.4 is 5.73 Å². The van der Waals surface area contributed by atoms with Gasteiger partial charge in [0.25, 0.3) is 5.91 Å². The molecule has 2 N–H and O–H groups in total. The summed E-state index contributed by atoms with van der Waals surface area (Å²) in [6.07, 6.45) is 1.63. The molecule has 2 aromatic rings. The van der Waals surface area contributed by atoms with Gasteiger partial charge in [0.15, 0.2) is 0 Å². The van der Waals surface area contributed by atoms with Gasteiger partial charge in [0.05, 0.1) is 17.3 Å². The predicted octanol–water partition coefficient (Wildman–Crippen LogP) is 0.986. The van der Waals surface area contributed by atoms with Crippen LogP contribution in [0.3, 0.4) is 0 Å². The van der Waals surface area contributed by atoms with E-state index in [4.69, 9.17) is 5.73 Å². The number of aromatic nitrogens is 2. The van der Waals surface area contributed by atoms with E-state index < -0.39 is 5.91 Å². The monoisotopic (exact) mass is 160 g/mol. The molecule has 0 saturated carbocycles. The third-order valence-electron chi connectivity index (χ3n) is 1.72. The standard InChI is InChI=1S/C8H6N3O/c9-8(12)6-3-1-2-5-4-10-11-7(5)6/h1-4,9H,(H,10,11). The lowest BCUT2D eigenvalue weighted by atomic mass is 10.1. The number of carbonyl (C=O) groups is 1. The van der Waals surface area contributed by atoms with Gasteiger partial charge in [-0.1, -0.05) is 12.1 Å². The Balaban J connectivity index is 2.82. The molecule has 1 aromatic carbocycles. The SMILES string of the molecule is [NH]C(=O)c1cccc2cn[nH]c12. The second-order valence-electron chi connectivity index (χ2n) is 2.47. The Hall–Kier alpha value is -1.84.